The van der Waals surface area contributed by atoms with Crippen molar-refractivity contribution in [2.75, 3.05) is 24.5 Å². The monoisotopic (exact) mass is 437 g/mol. The number of carbonyl (C=O) groups excluding carboxylic acids is 1. The molecular formula is C22H23N5O3S. The lowest BCUT2D eigenvalue weighted by atomic mass is 10.2. The summed E-state index contributed by atoms with van der Waals surface area (Å²) in [6, 6.07) is 14.5. The van der Waals surface area contributed by atoms with Gasteiger partial charge in [-0.1, -0.05) is 24.6 Å². The second kappa shape index (κ2) is 7.90. The molecule has 2 aliphatic rings. The van der Waals surface area contributed by atoms with Gasteiger partial charge >= 0.3 is 0 Å². The fourth-order valence-corrected chi connectivity index (χ4v) is 5.76. The summed E-state index contributed by atoms with van der Waals surface area (Å²) in [5, 5.41) is 8.53. The first-order valence-electron chi connectivity index (χ1n) is 10.5. The van der Waals surface area contributed by atoms with E-state index in [9.17, 15) is 13.2 Å². The van der Waals surface area contributed by atoms with Gasteiger partial charge in [-0.2, -0.15) is 14.2 Å². The number of fused-ring (bicyclic) bond motifs is 1. The van der Waals surface area contributed by atoms with Gasteiger partial charge in [-0.15, -0.1) is 5.10 Å². The van der Waals surface area contributed by atoms with E-state index in [-0.39, 0.29) is 11.6 Å². The number of rotatable bonds is 4. The molecule has 0 radical (unpaired) electrons. The van der Waals surface area contributed by atoms with Crippen LogP contribution in [0.4, 0.5) is 5.69 Å². The van der Waals surface area contributed by atoms with E-state index in [0.717, 1.165) is 36.2 Å². The average Bonchev–Trinajstić information content (AvgIpc) is 3.47. The zero-order chi connectivity index (χ0) is 21.4. The maximum Gasteiger partial charge on any atom is 0.280 e. The maximum absolute atomic E-state index is 13.1. The van der Waals surface area contributed by atoms with Gasteiger partial charge in [0.2, 0.25) is 10.0 Å². The Labute approximate surface area is 181 Å². The molecule has 0 unspecified atom stereocenters. The van der Waals surface area contributed by atoms with Crippen LogP contribution in [0.3, 0.4) is 0 Å². The topological polar surface area (TPSA) is 88.4 Å². The van der Waals surface area contributed by atoms with E-state index >= 15 is 0 Å². The number of nitrogens with zero attached hydrogens (tertiary/aromatic N) is 5. The first-order chi connectivity index (χ1) is 15.0. The molecule has 0 atom stereocenters. The maximum atomic E-state index is 13.1. The molecule has 1 saturated heterocycles. The lowest BCUT2D eigenvalue weighted by Gasteiger charge is -2.26. The fourth-order valence-electron chi connectivity index (χ4n) is 4.19. The predicted molar refractivity (Wildman–Crippen MR) is 116 cm³/mol. The second-order valence-corrected chi connectivity index (χ2v) is 9.75. The summed E-state index contributed by atoms with van der Waals surface area (Å²) in [4.78, 5) is 16.4. The van der Waals surface area contributed by atoms with Crippen molar-refractivity contribution in [2.24, 2.45) is 0 Å². The molecule has 3 heterocycles. The van der Waals surface area contributed by atoms with Crippen LogP contribution in [0.25, 0.3) is 5.69 Å². The van der Waals surface area contributed by atoms with E-state index in [1.54, 1.807) is 27.4 Å². The van der Waals surface area contributed by atoms with Gasteiger partial charge in [0, 0.05) is 25.3 Å². The Kier molecular flexibility index (Phi) is 5.07. The number of amides is 1. The fraction of sp³-hybridized carbons (Fsp3) is 0.318. The van der Waals surface area contributed by atoms with Crippen LogP contribution in [0.2, 0.25) is 0 Å². The Hall–Kier alpha value is -3.04. The first-order valence-corrected chi connectivity index (χ1v) is 11.9. The Morgan fingerprint density at radius 1 is 0.935 bits per heavy atom. The van der Waals surface area contributed by atoms with E-state index in [4.69, 9.17) is 0 Å². The zero-order valence-electron chi connectivity index (χ0n) is 17.0. The summed E-state index contributed by atoms with van der Waals surface area (Å²) < 4.78 is 27.5. The lowest BCUT2D eigenvalue weighted by molar-refractivity contribution is 0.0984. The lowest BCUT2D eigenvalue weighted by Crippen LogP contribution is -2.35. The minimum absolute atomic E-state index is 0.243. The van der Waals surface area contributed by atoms with Crippen LogP contribution in [0.5, 0.6) is 0 Å². The van der Waals surface area contributed by atoms with E-state index in [2.05, 4.69) is 10.2 Å². The summed E-state index contributed by atoms with van der Waals surface area (Å²) in [6.45, 7) is 1.63. The van der Waals surface area contributed by atoms with Crippen molar-refractivity contribution in [1.82, 2.24) is 19.3 Å². The number of aromatic nitrogens is 3. The molecule has 1 fully saturated rings. The molecule has 0 spiro atoms. The van der Waals surface area contributed by atoms with Crippen LogP contribution in [0, 0.1) is 0 Å². The van der Waals surface area contributed by atoms with Gasteiger partial charge in [-0.3, -0.25) is 4.79 Å². The highest BCUT2D eigenvalue weighted by atomic mass is 32.2. The second-order valence-electron chi connectivity index (χ2n) is 7.82. The van der Waals surface area contributed by atoms with Gasteiger partial charge in [0.15, 0.2) is 5.69 Å². The van der Waals surface area contributed by atoms with Crippen LogP contribution in [-0.4, -0.2) is 53.3 Å². The Morgan fingerprint density at radius 3 is 2.48 bits per heavy atom. The van der Waals surface area contributed by atoms with E-state index < -0.39 is 10.0 Å². The molecule has 0 aliphatic carbocycles. The summed E-state index contributed by atoms with van der Waals surface area (Å²) in [5.74, 6) is -0.243. The number of anilines is 1. The molecule has 0 bridgehead atoms. The summed E-state index contributed by atoms with van der Waals surface area (Å²) in [6.07, 6.45) is 4.94. The smallest absolute Gasteiger partial charge is 0.280 e. The SMILES string of the molecule is O=C(c1cnn(-c2ccccc2)n1)N1CCc2cc(S(=O)(=O)N3CCCCC3)ccc21. The van der Waals surface area contributed by atoms with Gasteiger partial charge in [0.1, 0.15) is 0 Å². The normalized spacial score (nSPS) is 17.0. The molecule has 2 aliphatic heterocycles. The van der Waals surface area contributed by atoms with Crippen molar-refractivity contribution in [1.29, 1.82) is 0 Å². The molecule has 31 heavy (non-hydrogen) atoms. The number of hydrogen-bond donors (Lipinski definition) is 0. The van der Waals surface area contributed by atoms with Gasteiger partial charge < -0.3 is 4.90 Å². The molecule has 1 aromatic heterocycles. The first kappa shape index (κ1) is 19.9. The van der Waals surface area contributed by atoms with Crippen molar-refractivity contribution >= 4 is 21.6 Å². The van der Waals surface area contributed by atoms with Crippen LogP contribution >= 0.6 is 0 Å². The van der Waals surface area contributed by atoms with Crippen LogP contribution in [0.1, 0.15) is 35.3 Å². The summed E-state index contributed by atoms with van der Waals surface area (Å²) in [7, 11) is -3.50. The highest BCUT2D eigenvalue weighted by Crippen LogP contribution is 2.32. The van der Waals surface area contributed by atoms with Crippen molar-refractivity contribution in [3.63, 3.8) is 0 Å². The van der Waals surface area contributed by atoms with Crippen molar-refractivity contribution in [3.8, 4) is 5.69 Å². The third-order valence-electron chi connectivity index (χ3n) is 5.84. The Bertz CT molecular complexity index is 1220. The largest absolute Gasteiger partial charge is 0.306 e. The number of hydrogen-bond acceptors (Lipinski definition) is 5. The molecule has 160 valence electrons. The number of benzene rings is 2. The molecule has 1 amide bonds. The van der Waals surface area contributed by atoms with Gasteiger partial charge in [-0.25, -0.2) is 8.42 Å². The van der Waals surface area contributed by atoms with E-state index in [0.29, 0.717) is 31.0 Å². The zero-order valence-corrected chi connectivity index (χ0v) is 17.8. The minimum Gasteiger partial charge on any atom is -0.306 e. The molecule has 9 heteroatoms. The number of para-hydroxylation sites is 1. The Balaban J connectivity index is 1.39. The number of carbonyl (C=O) groups is 1. The molecule has 0 saturated carbocycles. The molecule has 2 aromatic carbocycles. The van der Waals surface area contributed by atoms with Gasteiger partial charge in [0.05, 0.1) is 16.8 Å². The molecule has 0 N–H and O–H groups in total. The van der Waals surface area contributed by atoms with Crippen molar-refractivity contribution < 1.29 is 13.2 Å². The van der Waals surface area contributed by atoms with Gasteiger partial charge in [0.25, 0.3) is 5.91 Å². The third kappa shape index (κ3) is 3.64. The van der Waals surface area contributed by atoms with Crippen LogP contribution in [-0.2, 0) is 16.4 Å². The van der Waals surface area contributed by atoms with Crippen molar-refractivity contribution in [3.05, 3.63) is 66.0 Å². The molecule has 3 aromatic rings. The number of piperidine rings is 1. The average molecular weight is 438 g/mol. The summed E-state index contributed by atoms with van der Waals surface area (Å²) in [5.41, 5.74) is 2.62. The third-order valence-corrected chi connectivity index (χ3v) is 7.74. The van der Waals surface area contributed by atoms with Gasteiger partial charge in [-0.05, 0) is 55.2 Å². The highest BCUT2D eigenvalue weighted by molar-refractivity contribution is 7.89. The van der Waals surface area contributed by atoms with Crippen LogP contribution < -0.4 is 4.90 Å². The summed E-state index contributed by atoms with van der Waals surface area (Å²) >= 11 is 0. The van der Waals surface area contributed by atoms with Crippen molar-refractivity contribution in [2.45, 2.75) is 30.6 Å². The molecule has 5 rings (SSSR count). The predicted octanol–water partition coefficient (Wildman–Crippen LogP) is 2.64. The standard InChI is InChI=1S/C22H23N5O3S/c28-22(20-16-23-27(24-20)18-7-3-1-4-8-18)26-14-11-17-15-19(9-10-21(17)26)31(29,30)25-12-5-2-6-13-25/h1,3-4,7-10,15-16H,2,5-6,11-14H2. The minimum atomic E-state index is -3.50. The highest BCUT2D eigenvalue weighted by Gasteiger charge is 2.31. The van der Waals surface area contributed by atoms with Crippen LogP contribution in [0.15, 0.2) is 59.6 Å². The molecular weight excluding hydrogens is 414 g/mol. The number of sulfonamides is 1. The van der Waals surface area contributed by atoms with E-state index in [1.807, 2.05) is 30.3 Å². The Morgan fingerprint density at radius 2 is 1.71 bits per heavy atom. The molecule has 8 nitrogen and oxygen atoms in total. The quantitative estimate of drug-likeness (QED) is 0.626. The van der Waals surface area contributed by atoms with E-state index in [1.165, 1.54) is 11.0 Å².